The molecule has 7 heteroatoms. The maximum Gasteiger partial charge on any atom is 0.325 e. The van der Waals surface area contributed by atoms with Gasteiger partial charge in [-0.25, -0.2) is 23.5 Å². The van der Waals surface area contributed by atoms with Gasteiger partial charge in [0.05, 0.1) is 6.04 Å². The van der Waals surface area contributed by atoms with E-state index >= 15 is 0 Å². The Morgan fingerprint density at radius 3 is 2.72 bits per heavy atom. The van der Waals surface area contributed by atoms with E-state index in [-0.39, 0.29) is 11.4 Å². The summed E-state index contributed by atoms with van der Waals surface area (Å²) in [6.45, 7) is 2.37. The van der Waals surface area contributed by atoms with Gasteiger partial charge in [0.25, 0.3) is 5.92 Å². The van der Waals surface area contributed by atoms with Crippen LogP contribution >= 0.6 is 0 Å². The molecule has 0 spiro atoms. The molecule has 2 unspecified atom stereocenters. The number of anilines is 1. The van der Waals surface area contributed by atoms with Crippen molar-refractivity contribution in [2.75, 3.05) is 4.90 Å². The zero-order valence-corrected chi connectivity index (χ0v) is 9.89. The SMILES string of the molecule is CC1NC(=O)N(c2cc(C(C)(F)F)ccn2)C1O. The minimum Gasteiger partial charge on any atom is -0.371 e. The number of amides is 2. The van der Waals surface area contributed by atoms with Gasteiger partial charge in [0, 0.05) is 18.7 Å². The Morgan fingerprint density at radius 1 is 1.56 bits per heavy atom. The van der Waals surface area contributed by atoms with Gasteiger partial charge in [-0.15, -0.1) is 0 Å². The summed E-state index contributed by atoms with van der Waals surface area (Å²) in [5.74, 6) is -3.02. The van der Waals surface area contributed by atoms with Crippen LogP contribution in [0.4, 0.5) is 19.4 Å². The van der Waals surface area contributed by atoms with E-state index in [2.05, 4.69) is 10.3 Å². The number of pyridine rings is 1. The van der Waals surface area contributed by atoms with Gasteiger partial charge in [-0.05, 0) is 19.1 Å². The Morgan fingerprint density at radius 2 is 2.22 bits per heavy atom. The number of urea groups is 1. The van der Waals surface area contributed by atoms with Crippen LogP contribution in [-0.4, -0.2) is 28.4 Å². The average molecular weight is 257 g/mol. The summed E-state index contributed by atoms with van der Waals surface area (Å²) >= 11 is 0. The number of aliphatic hydroxyl groups excluding tert-OH is 1. The number of nitrogens with zero attached hydrogens (tertiary/aromatic N) is 2. The lowest BCUT2D eigenvalue weighted by Gasteiger charge is -2.20. The van der Waals surface area contributed by atoms with Crippen molar-refractivity contribution in [2.24, 2.45) is 0 Å². The molecule has 2 amide bonds. The lowest BCUT2D eigenvalue weighted by atomic mass is 10.1. The molecule has 0 radical (unpaired) electrons. The Kier molecular flexibility index (Phi) is 2.94. The molecule has 2 atom stereocenters. The van der Waals surface area contributed by atoms with Crippen molar-refractivity contribution in [3.63, 3.8) is 0 Å². The Hall–Kier alpha value is -1.76. The van der Waals surface area contributed by atoms with E-state index < -0.39 is 24.2 Å². The van der Waals surface area contributed by atoms with Crippen molar-refractivity contribution in [3.05, 3.63) is 23.9 Å². The monoisotopic (exact) mass is 257 g/mol. The molecular weight excluding hydrogens is 244 g/mol. The quantitative estimate of drug-likeness (QED) is 0.842. The number of aromatic nitrogens is 1. The Balaban J connectivity index is 2.37. The summed E-state index contributed by atoms with van der Waals surface area (Å²) in [5, 5.41) is 12.3. The van der Waals surface area contributed by atoms with E-state index in [1.165, 1.54) is 12.3 Å². The number of rotatable bonds is 2. The molecule has 2 heterocycles. The van der Waals surface area contributed by atoms with E-state index in [4.69, 9.17) is 0 Å². The van der Waals surface area contributed by atoms with Gasteiger partial charge in [0.1, 0.15) is 5.82 Å². The van der Waals surface area contributed by atoms with E-state index in [1.54, 1.807) is 6.92 Å². The second-order valence-corrected chi connectivity index (χ2v) is 4.31. The van der Waals surface area contributed by atoms with Crippen molar-refractivity contribution in [3.8, 4) is 0 Å². The molecule has 0 aromatic carbocycles. The third kappa shape index (κ3) is 2.13. The average Bonchev–Trinajstić information content (AvgIpc) is 2.52. The highest BCUT2D eigenvalue weighted by molar-refractivity contribution is 5.94. The molecule has 1 aliphatic heterocycles. The van der Waals surface area contributed by atoms with Crippen LogP contribution in [-0.2, 0) is 5.92 Å². The maximum atomic E-state index is 13.2. The Bertz CT molecular complexity index is 476. The molecule has 1 fully saturated rings. The molecule has 5 nitrogen and oxygen atoms in total. The van der Waals surface area contributed by atoms with Crippen molar-refractivity contribution >= 4 is 11.8 Å². The largest absolute Gasteiger partial charge is 0.371 e. The first-order valence-electron chi connectivity index (χ1n) is 5.43. The van der Waals surface area contributed by atoms with Crippen LogP contribution in [0.15, 0.2) is 18.3 Å². The molecule has 0 aliphatic carbocycles. The van der Waals surface area contributed by atoms with Gasteiger partial charge in [0.2, 0.25) is 0 Å². The lowest BCUT2D eigenvalue weighted by molar-refractivity contribution is 0.0174. The second-order valence-electron chi connectivity index (χ2n) is 4.31. The third-order valence-corrected chi connectivity index (χ3v) is 2.78. The van der Waals surface area contributed by atoms with Crippen LogP contribution in [0.25, 0.3) is 0 Å². The Labute approximate surface area is 102 Å². The number of nitrogens with one attached hydrogen (secondary N) is 1. The summed E-state index contributed by atoms with van der Waals surface area (Å²) in [4.78, 5) is 16.4. The fraction of sp³-hybridized carbons (Fsp3) is 0.455. The van der Waals surface area contributed by atoms with Crippen LogP contribution < -0.4 is 10.2 Å². The number of carbonyl (C=O) groups is 1. The first-order chi connectivity index (χ1) is 8.30. The molecule has 1 aromatic heterocycles. The summed E-state index contributed by atoms with van der Waals surface area (Å²) in [6.07, 6.45) is 0.0659. The molecule has 1 aliphatic rings. The van der Waals surface area contributed by atoms with Crippen molar-refractivity contribution in [2.45, 2.75) is 32.0 Å². The molecule has 1 saturated heterocycles. The number of carbonyl (C=O) groups excluding carboxylic acids is 1. The van der Waals surface area contributed by atoms with Crippen LogP contribution in [0.3, 0.4) is 0 Å². The minimum absolute atomic E-state index is 0.00313. The highest BCUT2D eigenvalue weighted by atomic mass is 19.3. The van der Waals surface area contributed by atoms with Crippen molar-refractivity contribution in [1.82, 2.24) is 10.3 Å². The maximum absolute atomic E-state index is 13.2. The normalized spacial score (nSPS) is 24.3. The molecule has 1 aromatic rings. The second kappa shape index (κ2) is 4.16. The highest BCUT2D eigenvalue weighted by Gasteiger charge is 2.37. The summed E-state index contributed by atoms with van der Waals surface area (Å²) in [6, 6.07) is 1.23. The standard InChI is InChI=1S/C11H13F2N3O2/c1-6-9(17)16(10(18)15-6)8-5-7(3-4-14-8)11(2,12)13/h3-6,9,17H,1-2H3,(H,15,18). The molecule has 0 saturated carbocycles. The smallest absolute Gasteiger partial charge is 0.325 e. The van der Waals surface area contributed by atoms with Gasteiger partial charge >= 0.3 is 6.03 Å². The van der Waals surface area contributed by atoms with Crippen LogP contribution in [0.5, 0.6) is 0 Å². The van der Waals surface area contributed by atoms with Gasteiger partial charge in [-0.2, -0.15) is 0 Å². The van der Waals surface area contributed by atoms with E-state index in [1.807, 2.05) is 0 Å². The molecular formula is C11H13F2N3O2. The van der Waals surface area contributed by atoms with Crippen LogP contribution in [0.1, 0.15) is 19.4 Å². The fourth-order valence-electron chi connectivity index (χ4n) is 1.75. The van der Waals surface area contributed by atoms with Crippen molar-refractivity contribution < 1.29 is 18.7 Å². The molecule has 2 N–H and O–H groups in total. The van der Waals surface area contributed by atoms with Crippen LogP contribution in [0.2, 0.25) is 0 Å². The number of hydrogen-bond donors (Lipinski definition) is 2. The van der Waals surface area contributed by atoms with Gasteiger partial charge < -0.3 is 10.4 Å². The summed E-state index contributed by atoms with van der Waals surface area (Å²) < 4.78 is 26.4. The van der Waals surface area contributed by atoms with Crippen molar-refractivity contribution in [1.29, 1.82) is 0 Å². The summed E-state index contributed by atoms with van der Waals surface area (Å²) in [5.41, 5.74) is -0.257. The number of halogens is 2. The number of hydrogen-bond acceptors (Lipinski definition) is 3. The van der Waals surface area contributed by atoms with Gasteiger partial charge in [0.15, 0.2) is 6.23 Å². The minimum atomic E-state index is -3.02. The molecule has 18 heavy (non-hydrogen) atoms. The number of alkyl halides is 2. The van der Waals surface area contributed by atoms with Gasteiger partial charge in [-0.1, -0.05) is 0 Å². The predicted molar refractivity (Wildman–Crippen MR) is 60.3 cm³/mol. The van der Waals surface area contributed by atoms with Crippen LogP contribution in [0, 0.1) is 0 Å². The zero-order valence-electron chi connectivity index (χ0n) is 9.89. The van der Waals surface area contributed by atoms with E-state index in [0.717, 1.165) is 17.9 Å². The summed E-state index contributed by atoms with van der Waals surface area (Å²) in [7, 11) is 0. The zero-order chi connectivity index (χ0) is 13.5. The van der Waals surface area contributed by atoms with E-state index in [0.29, 0.717) is 0 Å². The number of aliphatic hydroxyl groups is 1. The molecule has 2 rings (SSSR count). The predicted octanol–water partition coefficient (Wildman–Crippen LogP) is 1.43. The molecule has 98 valence electrons. The highest BCUT2D eigenvalue weighted by Crippen LogP contribution is 2.30. The fourth-order valence-corrected chi connectivity index (χ4v) is 1.75. The van der Waals surface area contributed by atoms with E-state index in [9.17, 15) is 18.7 Å². The lowest BCUT2D eigenvalue weighted by Crippen LogP contribution is -2.36. The van der Waals surface area contributed by atoms with Gasteiger partial charge in [-0.3, -0.25) is 0 Å². The first-order valence-corrected chi connectivity index (χ1v) is 5.43. The third-order valence-electron chi connectivity index (χ3n) is 2.78. The molecule has 0 bridgehead atoms. The first kappa shape index (κ1) is 12.7. The topological polar surface area (TPSA) is 65.5 Å².